The van der Waals surface area contributed by atoms with E-state index in [1.165, 1.54) is 0 Å². The van der Waals surface area contributed by atoms with Gasteiger partial charge in [0, 0.05) is 15.9 Å². The van der Waals surface area contributed by atoms with E-state index in [1.807, 2.05) is 51.1 Å². The first-order valence-corrected chi connectivity index (χ1v) is 5.76. The van der Waals surface area contributed by atoms with Crippen molar-refractivity contribution in [3.63, 3.8) is 0 Å². The van der Waals surface area contributed by atoms with Gasteiger partial charge in [0.15, 0.2) is 0 Å². The zero-order valence-corrected chi connectivity index (χ0v) is 10.5. The molecule has 1 heterocycles. The highest BCUT2D eigenvalue weighted by atomic mass is 14.7. The van der Waals surface area contributed by atoms with Crippen LogP contribution in [-0.2, 0) is 5.41 Å². The molecule has 0 amide bonds. The minimum Gasteiger partial charge on any atom is -0.256 e. The lowest BCUT2D eigenvalue weighted by Crippen LogP contribution is -2.13. The molecular formula is C16H19N. The third kappa shape index (κ3) is 2.55. The van der Waals surface area contributed by atoms with E-state index < -0.39 is 6.85 Å². The predicted octanol–water partition coefficient (Wildman–Crippen LogP) is 4.35. The van der Waals surface area contributed by atoms with Crippen molar-refractivity contribution in [1.82, 2.24) is 4.98 Å². The van der Waals surface area contributed by atoms with Gasteiger partial charge in [0.05, 0.1) is 5.69 Å². The number of hydrogen-bond acceptors (Lipinski definition) is 1. The largest absolute Gasteiger partial charge is 0.256 e. The molecule has 0 spiro atoms. The van der Waals surface area contributed by atoms with Gasteiger partial charge in [0.1, 0.15) is 0 Å². The highest BCUT2D eigenvalue weighted by Gasteiger charge is 2.16. The first-order valence-electron chi connectivity index (χ1n) is 7.26. The van der Waals surface area contributed by atoms with E-state index in [1.54, 1.807) is 12.3 Å². The molecule has 2 rings (SSSR count). The minimum absolute atomic E-state index is 0.228. The van der Waals surface area contributed by atoms with Crippen LogP contribution < -0.4 is 0 Å². The summed E-state index contributed by atoms with van der Waals surface area (Å²) in [5.41, 5.74) is 2.85. The Bertz CT molecular complexity index is 595. The quantitative estimate of drug-likeness (QED) is 0.707. The van der Waals surface area contributed by atoms with Gasteiger partial charge in [0.25, 0.3) is 0 Å². The number of hydrogen-bond donors (Lipinski definition) is 0. The molecule has 0 bridgehead atoms. The van der Waals surface area contributed by atoms with Crippen LogP contribution in [0.2, 0.25) is 0 Å². The van der Waals surface area contributed by atoms with Crippen molar-refractivity contribution in [3.05, 3.63) is 53.7 Å². The van der Waals surface area contributed by atoms with Gasteiger partial charge >= 0.3 is 0 Å². The molecule has 1 aromatic heterocycles. The lowest BCUT2D eigenvalue weighted by Gasteiger charge is -2.22. The van der Waals surface area contributed by atoms with Crippen LogP contribution in [0.4, 0.5) is 0 Å². The number of nitrogens with zero attached hydrogens (tertiary/aromatic N) is 1. The summed E-state index contributed by atoms with van der Waals surface area (Å²) in [6.07, 6.45) is 1.74. The Balaban J connectivity index is 2.62. The molecular weight excluding hydrogens is 206 g/mol. The van der Waals surface area contributed by atoms with Crippen LogP contribution in [0.5, 0.6) is 0 Å². The smallest absolute Gasteiger partial charge is 0.0702 e. The molecule has 0 saturated carbocycles. The molecule has 2 aromatic rings. The van der Waals surface area contributed by atoms with Crippen LogP contribution >= 0.6 is 0 Å². The molecule has 17 heavy (non-hydrogen) atoms. The van der Waals surface area contributed by atoms with Crippen LogP contribution in [0, 0.1) is 6.85 Å². The van der Waals surface area contributed by atoms with E-state index in [2.05, 4.69) is 4.98 Å². The molecule has 0 N–H and O–H groups in total. The first kappa shape index (κ1) is 8.46. The highest BCUT2D eigenvalue weighted by Crippen LogP contribution is 2.29. The summed E-state index contributed by atoms with van der Waals surface area (Å²) < 4.78 is 23.1. The first-order chi connectivity index (χ1) is 9.19. The van der Waals surface area contributed by atoms with E-state index in [4.69, 9.17) is 4.11 Å². The molecule has 0 atom stereocenters. The number of benzene rings is 1. The summed E-state index contributed by atoms with van der Waals surface area (Å²) in [6, 6.07) is 11.2. The van der Waals surface area contributed by atoms with E-state index in [0.717, 1.165) is 16.8 Å². The molecule has 0 unspecified atom stereocenters. The number of rotatable bonds is 1. The van der Waals surface area contributed by atoms with Crippen LogP contribution in [0.1, 0.15) is 36.0 Å². The van der Waals surface area contributed by atoms with Gasteiger partial charge in [-0.3, -0.25) is 4.98 Å². The Hall–Kier alpha value is -1.63. The molecule has 0 aliphatic carbocycles. The Labute approximate surface area is 108 Å². The van der Waals surface area contributed by atoms with Crippen molar-refractivity contribution in [1.29, 1.82) is 0 Å². The van der Waals surface area contributed by atoms with Gasteiger partial charge in [-0.05, 0) is 41.6 Å². The maximum absolute atomic E-state index is 7.69. The second-order valence-corrected chi connectivity index (χ2v) is 5.23. The minimum atomic E-state index is -2.09. The number of aryl methyl sites for hydroxylation is 1. The van der Waals surface area contributed by atoms with Crippen molar-refractivity contribution in [2.75, 3.05) is 0 Å². The second-order valence-electron chi connectivity index (χ2n) is 5.23. The van der Waals surface area contributed by atoms with Crippen LogP contribution in [0.15, 0.2) is 42.6 Å². The van der Waals surface area contributed by atoms with E-state index in [-0.39, 0.29) is 5.41 Å². The SMILES string of the molecule is [2H]C([2H])([2H])c1ccc(-c2ccccn2)cc1C(C)(C)C. The van der Waals surface area contributed by atoms with Crippen molar-refractivity contribution in [2.45, 2.75) is 33.0 Å². The van der Waals surface area contributed by atoms with Crippen molar-refractivity contribution in [2.24, 2.45) is 0 Å². The normalized spacial score (nSPS) is 14.9. The molecule has 1 aromatic carbocycles. The van der Waals surface area contributed by atoms with Gasteiger partial charge in [-0.25, -0.2) is 0 Å². The summed E-state index contributed by atoms with van der Waals surface area (Å²) in [5, 5.41) is 0. The van der Waals surface area contributed by atoms with Gasteiger partial charge in [0.2, 0.25) is 0 Å². The molecule has 0 aliphatic heterocycles. The monoisotopic (exact) mass is 228 g/mol. The van der Waals surface area contributed by atoms with Gasteiger partial charge in [-0.2, -0.15) is 0 Å². The maximum Gasteiger partial charge on any atom is 0.0702 e. The molecule has 1 heteroatoms. The topological polar surface area (TPSA) is 12.9 Å². The standard InChI is InChI=1S/C16H19N/c1-12-8-9-13(11-14(12)16(2,3)4)15-7-5-6-10-17-15/h5-11H,1-4H3/i1D3. The molecule has 0 saturated heterocycles. The van der Waals surface area contributed by atoms with Crippen molar-refractivity contribution < 1.29 is 4.11 Å². The Morgan fingerprint density at radius 1 is 1.12 bits per heavy atom. The lowest BCUT2D eigenvalue weighted by atomic mass is 9.83. The fourth-order valence-corrected chi connectivity index (χ4v) is 1.86. The zero-order chi connectivity index (χ0) is 15.0. The van der Waals surface area contributed by atoms with Crippen LogP contribution in [0.25, 0.3) is 11.3 Å². The third-order valence-electron chi connectivity index (χ3n) is 2.79. The predicted molar refractivity (Wildman–Crippen MR) is 73.1 cm³/mol. The maximum atomic E-state index is 7.69. The molecule has 1 nitrogen and oxygen atoms in total. The summed E-state index contributed by atoms with van der Waals surface area (Å²) in [6.45, 7) is 3.99. The molecule has 0 fully saturated rings. The summed E-state index contributed by atoms with van der Waals surface area (Å²) in [4.78, 5) is 4.32. The summed E-state index contributed by atoms with van der Waals surface area (Å²) in [7, 11) is 0. The van der Waals surface area contributed by atoms with Crippen molar-refractivity contribution in [3.8, 4) is 11.3 Å². The summed E-state index contributed by atoms with van der Waals surface area (Å²) >= 11 is 0. The Morgan fingerprint density at radius 2 is 1.94 bits per heavy atom. The average Bonchev–Trinajstić information content (AvgIpc) is 2.37. The second kappa shape index (κ2) is 4.33. The number of aromatic nitrogens is 1. The lowest BCUT2D eigenvalue weighted by molar-refractivity contribution is 0.586. The number of pyridine rings is 1. The van der Waals surface area contributed by atoms with E-state index in [0.29, 0.717) is 5.56 Å². The van der Waals surface area contributed by atoms with Crippen LogP contribution in [-0.4, -0.2) is 4.98 Å². The van der Waals surface area contributed by atoms with Gasteiger partial charge < -0.3 is 0 Å². The van der Waals surface area contributed by atoms with Gasteiger partial charge in [-0.1, -0.05) is 39.0 Å². The highest BCUT2D eigenvalue weighted by molar-refractivity contribution is 5.61. The summed E-state index contributed by atoms with van der Waals surface area (Å²) in [5.74, 6) is 0. The van der Waals surface area contributed by atoms with Gasteiger partial charge in [-0.15, -0.1) is 0 Å². The average molecular weight is 228 g/mol. The van der Waals surface area contributed by atoms with Crippen molar-refractivity contribution >= 4 is 0 Å². The molecule has 0 radical (unpaired) electrons. The molecule has 88 valence electrons. The van der Waals surface area contributed by atoms with E-state index in [9.17, 15) is 0 Å². The molecule has 0 aliphatic rings. The van der Waals surface area contributed by atoms with Crippen LogP contribution in [0.3, 0.4) is 0 Å². The third-order valence-corrected chi connectivity index (χ3v) is 2.79. The zero-order valence-electron chi connectivity index (χ0n) is 13.5. The fourth-order valence-electron chi connectivity index (χ4n) is 1.86. The Kier molecular flexibility index (Phi) is 2.15. The Morgan fingerprint density at radius 3 is 2.53 bits per heavy atom. The van der Waals surface area contributed by atoms with E-state index >= 15 is 0 Å². The fraction of sp³-hybridized carbons (Fsp3) is 0.312.